The van der Waals surface area contributed by atoms with Crippen molar-refractivity contribution in [1.82, 2.24) is 0 Å². The Bertz CT molecular complexity index is 1160. The number of hydrogen-bond acceptors (Lipinski definition) is 6. The number of para-hydroxylation sites is 1. The lowest BCUT2D eigenvalue weighted by Gasteiger charge is -2.29. The number of amides is 1. The maximum absolute atomic E-state index is 12.8. The highest BCUT2D eigenvalue weighted by Crippen LogP contribution is 2.49. The Morgan fingerprint density at radius 1 is 0.879 bits per heavy atom. The van der Waals surface area contributed by atoms with Gasteiger partial charge in [-0.05, 0) is 42.7 Å². The molecule has 0 saturated heterocycles. The fourth-order valence-electron chi connectivity index (χ4n) is 4.10. The van der Waals surface area contributed by atoms with Crippen molar-refractivity contribution in [3.8, 4) is 28.7 Å². The number of rotatable bonds is 7. The van der Waals surface area contributed by atoms with E-state index in [1.807, 2.05) is 36.4 Å². The monoisotopic (exact) mass is 449 g/mol. The third kappa shape index (κ3) is 4.39. The van der Waals surface area contributed by atoms with Crippen LogP contribution >= 0.6 is 0 Å². The molecule has 1 atom stereocenters. The van der Waals surface area contributed by atoms with Gasteiger partial charge < -0.3 is 29.0 Å². The predicted molar refractivity (Wildman–Crippen MR) is 125 cm³/mol. The summed E-state index contributed by atoms with van der Waals surface area (Å²) in [5, 5.41) is 2.95. The molecule has 0 radical (unpaired) electrons. The van der Waals surface area contributed by atoms with Gasteiger partial charge in [0.25, 0.3) is 5.91 Å². The molecule has 3 aromatic carbocycles. The highest BCUT2D eigenvalue weighted by atomic mass is 16.5. The second-order valence-corrected chi connectivity index (χ2v) is 7.55. The maximum atomic E-state index is 12.8. The van der Waals surface area contributed by atoms with Gasteiger partial charge >= 0.3 is 0 Å². The smallest absolute Gasteiger partial charge is 0.259 e. The summed E-state index contributed by atoms with van der Waals surface area (Å²) in [6.45, 7) is 0. The Morgan fingerprint density at radius 2 is 1.64 bits per heavy atom. The summed E-state index contributed by atoms with van der Waals surface area (Å²) in [6.07, 6.45) is 1.33. The lowest BCUT2D eigenvalue weighted by atomic mass is 9.96. The van der Waals surface area contributed by atoms with Crippen molar-refractivity contribution in [2.75, 3.05) is 33.8 Å². The molecular weight excluding hydrogens is 422 g/mol. The number of ether oxygens (including phenoxy) is 5. The molecule has 33 heavy (non-hydrogen) atoms. The molecule has 1 aliphatic heterocycles. The Morgan fingerprint density at radius 3 is 2.36 bits per heavy atom. The van der Waals surface area contributed by atoms with E-state index in [0.717, 1.165) is 24.0 Å². The predicted octanol–water partition coefficient (Wildman–Crippen LogP) is 5.04. The summed E-state index contributed by atoms with van der Waals surface area (Å²) in [5.74, 6) is 2.72. The zero-order valence-corrected chi connectivity index (χ0v) is 19.1. The van der Waals surface area contributed by atoms with Crippen molar-refractivity contribution in [3.05, 3.63) is 71.3 Å². The van der Waals surface area contributed by atoms with Crippen LogP contribution in [-0.2, 0) is 6.42 Å². The number of hydrogen-bond donors (Lipinski definition) is 1. The Kier molecular flexibility index (Phi) is 6.58. The minimum atomic E-state index is -0.235. The van der Waals surface area contributed by atoms with E-state index < -0.39 is 0 Å². The zero-order chi connectivity index (χ0) is 23.4. The molecule has 4 rings (SSSR count). The van der Waals surface area contributed by atoms with Crippen LogP contribution < -0.4 is 29.0 Å². The molecule has 0 spiro atoms. The van der Waals surface area contributed by atoms with Gasteiger partial charge in [-0.1, -0.05) is 24.3 Å². The van der Waals surface area contributed by atoms with Gasteiger partial charge in [0.2, 0.25) is 5.75 Å². The molecule has 0 aliphatic carbocycles. The van der Waals surface area contributed by atoms with E-state index >= 15 is 0 Å². The zero-order valence-electron chi connectivity index (χ0n) is 19.1. The van der Waals surface area contributed by atoms with E-state index in [4.69, 9.17) is 23.7 Å². The third-order valence-electron chi connectivity index (χ3n) is 5.69. The first-order valence-corrected chi connectivity index (χ1v) is 10.6. The molecule has 0 bridgehead atoms. The van der Waals surface area contributed by atoms with Crippen molar-refractivity contribution >= 4 is 11.6 Å². The van der Waals surface area contributed by atoms with E-state index in [9.17, 15) is 4.79 Å². The van der Waals surface area contributed by atoms with E-state index in [1.165, 1.54) is 0 Å². The summed E-state index contributed by atoms with van der Waals surface area (Å²) in [7, 11) is 6.32. The number of nitrogens with one attached hydrogen (secondary N) is 1. The van der Waals surface area contributed by atoms with E-state index in [1.54, 1.807) is 46.6 Å². The van der Waals surface area contributed by atoms with E-state index in [-0.39, 0.29) is 12.0 Å². The van der Waals surface area contributed by atoms with Crippen molar-refractivity contribution in [3.63, 3.8) is 0 Å². The highest BCUT2D eigenvalue weighted by molar-refractivity contribution is 6.06. The van der Waals surface area contributed by atoms with Crippen molar-refractivity contribution in [2.24, 2.45) is 0 Å². The Labute approximate surface area is 193 Å². The van der Waals surface area contributed by atoms with Gasteiger partial charge in [0.1, 0.15) is 17.6 Å². The molecule has 1 unspecified atom stereocenters. The number of carbonyl (C=O) groups excluding carboxylic acids is 1. The van der Waals surface area contributed by atoms with Crippen LogP contribution in [0.15, 0.2) is 54.6 Å². The molecule has 1 amide bonds. The lowest BCUT2D eigenvalue weighted by molar-refractivity contribution is 0.102. The number of anilines is 1. The summed E-state index contributed by atoms with van der Waals surface area (Å²) in [5.41, 5.74) is 3.07. The summed E-state index contributed by atoms with van der Waals surface area (Å²) in [4.78, 5) is 12.8. The molecule has 1 aliphatic rings. The van der Waals surface area contributed by atoms with Crippen molar-refractivity contribution < 1.29 is 28.5 Å². The average Bonchev–Trinajstić information content (AvgIpc) is 2.87. The van der Waals surface area contributed by atoms with Gasteiger partial charge in [-0.3, -0.25) is 4.79 Å². The standard InChI is InChI=1S/C26H27NO6/c1-29-21-11-6-5-10-19(21)26(28)27-17-9-7-8-16(14-17)20-13-12-18-22(33-20)15-23(30-2)25(32-4)24(18)31-3/h5-11,14-15,20H,12-13H2,1-4H3,(H,27,28). The second kappa shape index (κ2) is 9.73. The van der Waals surface area contributed by atoms with Crippen LogP contribution in [-0.4, -0.2) is 34.3 Å². The van der Waals surface area contributed by atoms with E-state index in [0.29, 0.717) is 40.0 Å². The van der Waals surface area contributed by atoms with Crippen LogP contribution in [0.4, 0.5) is 5.69 Å². The molecular formula is C26H27NO6. The molecule has 0 aromatic heterocycles. The summed E-state index contributed by atoms with van der Waals surface area (Å²) >= 11 is 0. The molecule has 1 heterocycles. The minimum absolute atomic E-state index is 0.177. The normalized spacial score (nSPS) is 14.5. The molecule has 7 nitrogen and oxygen atoms in total. The molecule has 3 aromatic rings. The quantitative estimate of drug-likeness (QED) is 0.545. The molecule has 0 saturated carbocycles. The number of fused-ring (bicyclic) bond motifs is 1. The Balaban J connectivity index is 1.57. The Hall–Kier alpha value is -3.87. The fourth-order valence-corrected chi connectivity index (χ4v) is 4.10. The minimum Gasteiger partial charge on any atom is -0.496 e. The second-order valence-electron chi connectivity index (χ2n) is 7.55. The first-order valence-electron chi connectivity index (χ1n) is 10.6. The summed E-state index contributed by atoms with van der Waals surface area (Å²) < 4.78 is 28.2. The number of carbonyl (C=O) groups is 1. The van der Waals surface area contributed by atoms with Crippen LogP contribution in [0.25, 0.3) is 0 Å². The average molecular weight is 450 g/mol. The van der Waals surface area contributed by atoms with E-state index in [2.05, 4.69) is 5.32 Å². The first-order chi connectivity index (χ1) is 16.1. The van der Waals surface area contributed by atoms with Crippen LogP contribution in [0.2, 0.25) is 0 Å². The first kappa shape index (κ1) is 22.3. The van der Waals surface area contributed by atoms with Crippen LogP contribution in [0, 0.1) is 0 Å². The fraction of sp³-hybridized carbons (Fsp3) is 0.269. The van der Waals surface area contributed by atoms with Crippen molar-refractivity contribution in [2.45, 2.75) is 18.9 Å². The number of methoxy groups -OCH3 is 4. The largest absolute Gasteiger partial charge is 0.496 e. The maximum Gasteiger partial charge on any atom is 0.259 e. The molecule has 1 N–H and O–H groups in total. The van der Waals surface area contributed by atoms with Gasteiger partial charge in [-0.25, -0.2) is 0 Å². The van der Waals surface area contributed by atoms with Gasteiger partial charge in [-0.15, -0.1) is 0 Å². The highest BCUT2D eigenvalue weighted by Gasteiger charge is 2.28. The van der Waals surface area contributed by atoms with Gasteiger partial charge in [0.15, 0.2) is 11.5 Å². The molecule has 7 heteroatoms. The molecule has 172 valence electrons. The van der Waals surface area contributed by atoms with Crippen LogP contribution in [0.3, 0.4) is 0 Å². The van der Waals surface area contributed by atoms with Crippen molar-refractivity contribution in [1.29, 1.82) is 0 Å². The lowest BCUT2D eigenvalue weighted by Crippen LogP contribution is -2.17. The van der Waals surface area contributed by atoms with Gasteiger partial charge in [0, 0.05) is 17.3 Å². The van der Waals surface area contributed by atoms with Gasteiger partial charge in [0.05, 0.1) is 34.0 Å². The summed E-state index contributed by atoms with van der Waals surface area (Å²) in [6, 6.07) is 16.6. The SMILES string of the molecule is COc1ccccc1C(=O)Nc1cccc(C2CCc3c(cc(OC)c(OC)c3OC)O2)c1. The topological polar surface area (TPSA) is 75.3 Å². The van der Waals surface area contributed by atoms with Gasteiger partial charge in [-0.2, -0.15) is 0 Å². The van der Waals surface area contributed by atoms with Crippen LogP contribution in [0.5, 0.6) is 28.7 Å². The number of benzene rings is 3. The third-order valence-corrected chi connectivity index (χ3v) is 5.69. The van der Waals surface area contributed by atoms with Crippen LogP contribution in [0.1, 0.15) is 34.0 Å². The molecule has 0 fully saturated rings.